The van der Waals surface area contributed by atoms with Crippen LogP contribution < -0.4 is 16.2 Å². The number of halogens is 2. The molecule has 1 aliphatic rings. The van der Waals surface area contributed by atoms with Gasteiger partial charge in [-0.1, -0.05) is 23.9 Å². The summed E-state index contributed by atoms with van der Waals surface area (Å²) in [5.41, 5.74) is 5.98. The summed E-state index contributed by atoms with van der Waals surface area (Å²) in [4.78, 5) is 25.0. The molecule has 1 atom stereocenters. The van der Waals surface area contributed by atoms with Crippen molar-refractivity contribution < 1.29 is 26.8 Å². The van der Waals surface area contributed by atoms with Crippen LogP contribution >= 0.6 is 11.8 Å². The molecule has 0 bridgehead atoms. The van der Waals surface area contributed by atoms with Crippen molar-refractivity contribution in [1.29, 1.82) is 0 Å². The molecular weight excluding hydrogens is 448 g/mol. The number of sulfone groups is 1. The highest BCUT2D eigenvalue weighted by atomic mass is 32.2. The van der Waals surface area contributed by atoms with Gasteiger partial charge in [-0.25, -0.2) is 8.42 Å². The van der Waals surface area contributed by atoms with E-state index in [1.54, 1.807) is 48.5 Å². The Labute approximate surface area is 182 Å². The van der Waals surface area contributed by atoms with Gasteiger partial charge in [-0.05, 0) is 48.7 Å². The Kier molecular flexibility index (Phi) is 7.50. The quantitative estimate of drug-likeness (QED) is 0.425. The molecular formula is C20H21F2N3O4S2. The summed E-state index contributed by atoms with van der Waals surface area (Å²) in [6, 6.07) is 13.0. The van der Waals surface area contributed by atoms with Crippen LogP contribution in [0.3, 0.4) is 0 Å². The van der Waals surface area contributed by atoms with Crippen molar-refractivity contribution >= 4 is 44.8 Å². The van der Waals surface area contributed by atoms with Gasteiger partial charge in [0, 0.05) is 17.0 Å². The first kappa shape index (κ1) is 23.0. The van der Waals surface area contributed by atoms with Gasteiger partial charge in [0.1, 0.15) is 0 Å². The molecule has 0 radical (unpaired) electrons. The smallest absolute Gasteiger partial charge is 0.288 e. The molecule has 1 fully saturated rings. The molecule has 1 heterocycles. The summed E-state index contributed by atoms with van der Waals surface area (Å²) in [6.45, 7) is 0. The fourth-order valence-electron chi connectivity index (χ4n) is 3.21. The molecule has 0 aromatic heterocycles. The standard InChI is InChI=1S/C20H21F2N3O4S2/c21-20(22)30-15-7-5-14(6-8-15)23-17-4-2-1-3-16(17)19(27)25-24-18(26)11-13-9-10-31(28,29)12-13/h1-8,13,20,23H,9-12H2,(H,24,26)(H,25,27). The molecule has 2 aromatic carbocycles. The number of alkyl halides is 2. The number of hydrogen-bond donors (Lipinski definition) is 3. The van der Waals surface area contributed by atoms with E-state index in [-0.39, 0.29) is 29.4 Å². The highest BCUT2D eigenvalue weighted by molar-refractivity contribution is 7.99. The molecule has 1 aliphatic heterocycles. The van der Waals surface area contributed by atoms with Gasteiger partial charge in [0.05, 0.1) is 22.8 Å². The molecule has 2 amide bonds. The number of benzene rings is 2. The lowest BCUT2D eigenvalue weighted by molar-refractivity contribution is -0.122. The molecule has 1 saturated heterocycles. The number of anilines is 2. The number of nitrogens with one attached hydrogen (secondary N) is 3. The predicted octanol–water partition coefficient (Wildman–Crippen LogP) is 3.33. The number of carbonyl (C=O) groups is 2. The number of amides is 2. The van der Waals surface area contributed by atoms with Gasteiger partial charge in [0.25, 0.3) is 11.7 Å². The van der Waals surface area contributed by atoms with E-state index < -0.39 is 27.4 Å². The summed E-state index contributed by atoms with van der Waals surface area (Å²) in [5.74, 6) is -3.71. The van der Waals surface area contributed by atoms with Crippen LogP contribution in [0.25, 0.3) is 0 Å². The number of hydrazine groups is 1. The van der Waals surface area contributed by atoms with Crippen molar-refractivity contribution in [3.63, 3.8) is 0 Å². The fourth-order valence-corrected chi connectivity index (χ4v) is 5.57. The lowest BCUT2D eigenvalue weighted by atomic mass is 10.1. The Balaban J connectivity index is 1.57. The first-order chi connectivity index (χ1) is 14.7. The second-order valence-corrected chi connectivity index (χ2v) is 10.3. The molecule has 31 heavy (non-hydrogen) atoms. The SMILES string of the molecule is O=C(CC1CCS(=O)(=O)C1)NNC(=O)c1ccccc1Nc1ccc(SC(F)F)cc1. The summed E-state index contributed by atoms with van der Waals surface area (Å²) < 4.78 is 47.8. The van der Waals surface area contributed by atoms with Crippen molar-refractivity contribution in [1.82, 2.24) is 10.9 Å². The average Bonchev–Trinajstić information content (AvgIpc) is 3.06. The van der Waals surface area contributed by atoms with Gasteiger partial charge in [-0.2, -0.15) is 8.78 Å². The Bertz CT molecular complexity index is 1050. The largest absolute Gasteiger partial charge is 0.355 e. The lowest BCUT2D eigenvalue weighted by Crippen LogP contribution is -2.42. The maximum atomic E-state index is 12.5. The normalized spacial score (nSPS) is 17.3. The second-order valence-electron chi connectivity index (χ2n) is 7.05. The van der Waals surface area contributed by atoms with E-state index in [1.807, 2.05) is 0 Å². The molecule has 7 nitrogen and oxygen atoms in total. The lowest BCUT2D eigenvalue weighted by Gasteiger charge is -2.14. The third-order valence-electron chi connectivity index (χ3n) is 4.65. The van der Waals surface area contributed by atoms with Gasteiger partial charge in [0.2, 0.25) is 5.91 Å². The zero-order valence-corrected chi connectivity index (χ0v) is 17.9. The maximum Gasteiger partial charge on any atom is 0.288 e. The highest BCUT2D eigenvalue weighted by Gasteiger charge is 2.29. The van der Waals surface area contributed by atoms with Crippen LogP contribution in [0.15, 0.2) is 53.4 Å². The fraction of sp³-hybridized carbons (Fsp3) is 0.300. The minimum absolute atomic E-state index is 0.0163. The molecule has 2 aromatic rings. The number of rotatable bonds is 7. The number of para-hydroxylation sites is 1. The number of carbonyl (C=O) groups excluding carboxylic acids is 2. The summed E-state index contributed by atoms with van der Waals surface area (Å²) in [7, 11) is -3.07. The minimum Gasteiger partial charge on any atom is -0.355 e. The van der Waals surface area contributed by atoms with E-state index in [0.717, 1.165) is 0 Å². The van der Waals surface area contributed by atoms with E-state index in [4.69, 9.17) is 0 Å². The van der Waals surface area contributed by atoms with Crippen molar-refractivity contribution in [2.75, 3.05) is 16.8 Å². The Morgan fingerprint density at radius 3 is 2.42 bits per heavy atom. The van der Waals surface area contributed by atoms with E-state index in [0.29, 0.717) is 34.5 Å². The number of thioether (sulfide) groups is 1. The molecule has 0 saturated carbocycles. The van der Waals surface area contributed by atoms with Crippen molar-refractivity contribution in [3.05, 3.63) is 54.1 Å². The predicted molar refractivity (Wildman–Crippen MR) is 115 cm³/mol. The highest BCUT2D eigenvalue weighted by Crippen LogP contribution is 2.28. The summed E-state index contributed by atoms with van der Waals surface area (Å²) in [6.07, 6.45) is 0.452. The van der Waals surface area contributed by atoms with Crippen LogP contribution in [0.4, 0.5) is 20.2 Å². The topological polar surface area (TPSA) is 104 Å². The van der Waals surface area contributed by atoms with E-state index in [2.05, 4.69) is 16.2 Å². The van der Waals surface area contributed by atoms with Crippen LogP contribution in [0, 0.1) is 5.92 Å². The van der Waals surface area contributed by atoms with Crippen molar-refractivity contribution in [2.24, 2.45) is 5.92 Å². The minimum atomic E-state index is -3.07. The van der Waals surface area contributed by atoms with Gasteiger partial charge >= 0.3 is 0 Å². The van der Waals surface area contributed by atoms with Crippen LogP contribution in [0.1, 0.15) is 23.2 Å². The van der Waals surface area contributed by atoms with Gasteiger partial charge in [-0.3, -0.25) is 20.4 Å². The monoisotopic (exact) mass is 469 g/mol. The van der Waals surface area contributed by atoms with Crippen LogP contribution in [0.2, 0.25) is 0 Å². The molecule has 0 aliphatic carbocycles. The first-order valence-electron chi connectivity index (χ1n) is 9.42. The van der Waals surface area contributed by atoms with Crippen molar-refractivity contribution in [2.45, 2.75) is 23.5 Å². The summed E-state index contributed by atoms with van der Waals surface area (Å²) in [5, 5.41) is 3.05. The van der Waals surface area contributed by atoms with E-state index in [1.165, 1.54) is 0 Å². The van der Waals surface area contributed by atoms with E-state index >= 15 is 0 Å². The zero-order valence-electron chi connectivity index (χ0n) is 16.3. The van der Waals surface area contributed by atoms with Gasteiger partial charge in [-0.15, -0.1) is 0 Å². The molecule has 166 valence electrons. The van der Waals surface area contributed by atoms with Gasteiger partial charge in [0.15, 0.2) is 9.84 Å². The first-order valence-corrected chi connectivity index (χ1v) is 12.1. The van der Waals surface area contributed by atoms with Crippen molar-refractivity contribution in [3.8, 4) is 0 Å². The zero-order chi connectivity index (χ0) is 22.4. The van der Waals surface area contributed by atoms with Crippen LogP contribution in [-0.2, 0) is 14.6 Å². The average molecular weight is 470 g/mol. The van der Waals surface area contributed by atoms with E-state index in [9.17, 15) is 26.8 Å². The Morgan fingerprint density at radius 1 is 1.06 bits per heavy atom. The molecule has 11 heteroatoms. The second kappa shape index (κ2) is 10.1. The molecule has 3 N–H and O–H groups in total. The van der Waals surface area contributed by atoms with Crippen LogP contribution in [0.5, 0.6) is 0 Å². The third-order valence-corrected chi connectivity index (χ3v) is 7.21. The maximum absolute atomic E-state index is 12.5. The van der Waals surface area contributed by atoms with Crippen LogP contribution in [-0.4, -0.2) is 37.5 Å². The number of hydrogen-bond acceptors (Lipinski definition) is 6. The summed E-state index contributed by atoms with van der Waals surface area (Å²) >= 11 is 0.443. The third kappa shape index (κ3) is 6.93. The van der Waals surface area contributed by atoms with Gasteiger partial charge < -0.3 is 5.32 Å². The molecule has 0 spiro atoms. The molecule has 3 rings (SSSR count). The molecule has 1 unspecified atom stereocenters. The Hall–Kier alpha value is -2.66. The Morgan fingerprint density at radius 2 is 1.77 bits per heavy atom.